The first-order valence-electron chi connectivity index (χ1n) is 12.3. The van der Waals surface area contributed by atoms with Crippen molar-refractivity contribution in [3.05, 3.63) is 113 Å². The SMILES string of the molecule is COc1ccc(S(=O)(=O)N(CC(=O)NC(c2ccccc2)c2ccccc2)c2cc(Cl)ccc2OC)cc1OC. The summed E-state index contributed by atoms with van der Waals surface area (Å²) in [6.45, 7) is -0.552. The van der Waals surface area contributed by atoms with Gasteiger partial charge in [-0.05, 0) is 41.5 Å². The molecule has 0 aromatic heterocycles. The lowest BCUT2D eigenvalue weighted by molar-refractivity contribution is -0.120. The van der Waals surface area contributed by atoms with E-state index in [2.05, 4.69) is 5.32 Å². The van der Waals surface area contributed by atoms with Gasteiger partial charge in [0.1, 0.15) is 12.3 Å². The fourth-order valence-electron chi connectivity index (χ4n) is 4.25. The Morgan fingerprint density at radius 1 is 0.775 bits per heavy atom. The zero-order valence-corrected chi connectivity index (χ0v) is 23.8. The molecule has 208 valence electrons. The van der Waals surface area contributed by atoms with Gasteiger partial charge in [-0.3, -0.25) is 9.10 Å². The van der Waals surface area contributed by atoms with Gasteiger partial charge < -0.3 is 19.5 Å². The number of hydrogen-bond donors (Lipinski definition) is 1. The van der Waals surface area contributed by atoms with Crippen LogP contribution in [-0.4, -0.2) is 42.2 Å². The van der Waals surface area contributed by atoms with Crippen molar-refractivity contribution in [2.45, 2.75) is 10.9 Å². The highest BCUT2D eigenvalue weighted by atomic mass is 35.5. The predicted molar refractivity (Wildman–Crippen MR) is 155 cm³/mol. The molecular formula is C30H29ClN2O6S. The Morgan fingerprint density at radius 2 is 1.32 bits per heavy atom. The normalized spacial score (nSPS) is 11.1. The number of sulfonamides is 1. The van der Waals surface area contributed by atoms with Gasteiger partial charge in [-0.2, -0.15) is 0 Å². The van der Waals surface area contributed by atoms with Crippen LogP contribution in [0.1, 0.15) is 17.2 Å². The van der Waals surface area contributed by atoms with Gasteiger partial charge in [0.25, 0.3) is 10.0 Å². The Morgan fingerprint density at radius 3 is 1.88 bits per heavy atom. The summed E-state index contributed by atoms with van der Waals surface area (Å²) in [5, 5.41) is 3.28. The average Bonchev–Trinajstić information content (AvgIpc) is 2.99. The standard InChI is InChI=1S/C30H29ClN2O6S/c1-37-26-16-14-23(31)18-25(26)33(40(35,36)24-15-17-27(38-2)28(19-24)39-3)20-29(34)32-30(21-10-6-4-7-11-21)22-12-8-5-9-13-22/h4-19,30H,20H2,1-3H3,(H,32,34). The highest BCUT2D eigenvalue weighted by Crippen LogP contribution is 2.37. The van der Waals surface area contributed by atoms with Crippen molar-refractivity contribution < 1.29 is 27.4 Å². The van der Waals surface area contributed by atoms with Crippen molar-refractivity contribution in [3.8, 4) is 17.2 Å². The smallest absolute Gasteiger partial charge is 0.265 e. The quantitative estimate of drug-likeness (QED) is 0.253. The highest BCUT2D eigenvalue weighted by molar-refractivity contribution is 7.92. The summed E-state index contributed by atoms with van der Waals surface area (Å²) in [6.07, 6.45) is 0. The van der Waals surface area contributed by atoms with Gasteiger partial charge in [-0.15, -0.1) is 0 Å². The molecule has 4 aromatic carbocycles. The molecule has 0 fully saturated rings. The van der Waals surface area contributed by atoms with Gasteiger partial charge in [0.2, 0.25) is 5.91 Å². The fraction of sp³-hybridized carbons (Fsp3) is 0.167. The van der Waals surface area contributed by atoms with Crippen molar-refractivity contribution in [1.82, 2.24) is 5.32 Å². The largest absolute Gasteiger partial charge is 0.495 e. The lowest BCUT2D eigenvalue weighted by atomic mass is 9.99. The first-order chi connectivity index (χ1) is 19.3. The summed E-state index contributed by atoms with van der Waals surface area (Å²) in [5.74, 6) is 0.270. The zero-order valence-electron chi connectivity index (χ0n) is 22.2. The summed E-state index contributed by atoms with van der Waals surface area (Å²) in [5.41, 5.74) is 1.80. The second-order valence-corrected chi connectivity index (χ2v) is 11.0. The molecule has 0 spiro atoms. The molecule has 0 heterocycles. The van der Waals surface area contributed by atoms with Crippen LogP contribution in [-0.2, 0) is 14.8 Å². The van der Waals surface area contributed by atoms with Crippen LogP contribution < -0.4 is 23.8 Å². The number of methoxy groups -OCH3 is 3. The lowest BCUT2D eigenvalue weighted by Crippen LogP contribution is -2.42. The molecule has 0 unspecified atom stereocenters. The number of carbonyl (C=O) groups is 1. The van der Waals surface area contributed by atoms with Gasteiger partial charge in [-0.25, -0.2) is 8.42 Å². The molecule has 4 aromatic rings. The number of ether oxygens (including phenoxy) is 3. The van der Waals surface area contributed by atoms with E-state index in [4.69, 9.17) is 25.8 Å². The molecule has 40 heavy (non-hydrogen) atoms. The number of anilines is 1. The second-order valence-electron chi connectivity index (χ2n) is 8.67. The van der Waals surface area contributed by atoms with Crippen molar-refractivity contribution in [1.29, 1.82) is 0 Å². The van der Waals surface area contributed by atoms with Gasteiger partial charge in [-0.1, -0.05) is 72.3 Å². The van der Waals surface area contributed by atoms with Gasteiger partial charge in [0, 0.05) is 11.1 Å². The van der Waals surface area contributed by atoms with Crippen LogP contribution in [0.5, 0.6) is 17.2 Å². The van der Waals surface area contributed by atoms with E-state index >= 15 is 0 Å². The Labute approximate surface area is 239 Å². The minimum absolute atomic E-state index is 0.107. The molecule has 0 aliphatic rings. The predicted octanol–water partition coefficient (Wildman–Crippen LogP) is 5.47. The first kappa shape index (κ1) is 28.8. The molecular weight excluding hydrogens is 552 g/mol. The van der Waals surface area contributed by atoms with Crippen LogP contribution in [0.4, 0.5) is 5.69 Å². The van der Waals surface area contributed by atoms with Crippen LogP contribution in [0, 0.1) is 0 Å². The topological polar surface area (TPSA) is 94.2 Å². The maximum Gasteiger partial charge on any atom is 0.265 e. The summed E-state index contributed by atoms with van der Waals surface area (Å²) < 4.78 is 45.2. The van der Waals surface area contributed by atoms with Gasteiger partial charge in [0.05, 0.1) is 38.0 Å². The van der Waals surface area contributed by atoms with E-state index < -0.39 is 28.5 Å². The maximum absolute atomic E-state index is 14.1. The Hall–Kier alpha value is -4.21. The van der Waals surface area contributed by atoms with E-state index in [1.807, 2.05) is 60.7 Å². The summed E-state index contributed by atoms with van der Waals surface area (Å²) in [7, 11) is -0.0481. The molecule has 0 radical (unpaired) electrons. The average molecular weight is 581 g/mol. The van der Waals surface area contributed by atoms with Crippen LogP contribution in [0.25, 0.3) is 0 Å². The van der Waals surface area contributed by atoms with Crippen molar-refractivity contribution >= 4 is 33.2 Å². The number of halogens is 1. The van der Waals surface area contributed by atoms with Crippen LogP contribution >= 0.6 is 11.6 Å². The van der Waals surface area contributed by atoms with Crippen LogP contribution in [0.2, 0.25) is 5.02 Å². The monoisotopic (exact) mass is 580 g/mol. The van der Waals surface area contributed by atoms with Crippen LogP contribution in [0.3, 0.4) is 0 Å². The Bertz CT molecular complexity index is 1530. The molecule has 10 heteroatoms. The molecule has 8 nitrogen and oxygen atoms in total. The van der Waals surface area contributed by atoms with Crippen molar-refractivity contribution in [2.75, 3.05) is 32.2 Å². The third-order valence-corrected chi connectivity index (χ3v) is 8.20. The number of benzene rings is 4. The number of nitrogens with one attached hydrogen (secondary N) is 1. The van der Waals surface area contributed by atoms with E-state index in [1.165, 1.54) is 45.6 Å². The second kappa shape index (κ2) is 12.8. The fourth-order valence-corrected chi connectivity index (χ4v) is 5.85. The molecule has 1 N–H and O–H groups in total. The maximum atomic E-state index is 14.1. The van der Waals surface area contributed by atoms with Gasteiger partial charge >= 0.3 is 0 Å². The number of hydrogen-bond acceptors (Lipinski definition) is 6. The number of rotatable bonds is 11. The number of carbonyl (C=O) groups excluding carboxylic acids is 1. The molecule has 4 rings (SSSR count). The van der Waals surface area contributed by atoms with E-state index in [1.54, 1.807) is 12.1 Å². The highest BCUT2D eigenvalue weighted by Gasteiger charge is 2.31. The third-order valence-electron chi connectivity index (χ3n) is 6.21. The van der Waals surface area contributed by atoms with E-state index in [-0.39, 0.29) is 27.1 Å². The summed E-state index contributed by atoms with van der Waals surface area (Å²) in [6, 6.07) is 27.1. The zero-order chi connectivity index (χ0) is 28.7. The van der Waals surface area contributed by atoms with Crippen molar-refractivity contribution in [2.24, 2.45) is 0 Å². The molecule has 0 aliphatic carbocycles. The van der Waals surface area contributed by atoms with E-state index in [0.717, 1.165) is 15.4 Å². The van der Waals surface area contributed by atoms with Crippen molar-refractivity contribution in [3.63, 3.8) is 0 Å². The van der Waals surface area contributed by atoms with Gasteiger partial charge in [0.15, 0.2) is 11.5 Å². The Kier molecular flexibility index (Phi) is 9.19. The molecule has 0 aliphatic heterocycles. The summed E-state index contributed by atoms with van der Waals surface area (Å²) in [4.78, 5) is 13.5. The first-order valence-corrected chi connectivity index (χ1v) is 14.1. The lowest BCUT2D eigenvalue weighted by Gasteiger charge is -2.27. The Balaban J connectivity index is 1.77. The third kappa shape index (κ3) is 6.32. The van der Waals surface area contributed by atoms with E-state index in [9.17, 15) is 13.2 Å². The number of nitrogens with zero attached hydrogens (tertiary/aromatic N) is 1. The minimum Gasteiger partial charge on any atom is -0.495 e. The molecule has 0 bridgehead atoms. The minimum atomic E-state index is -4.32. The number of amides is 1. The molecule has 0 saturated carbocycles. The summed E-state index contributed by atoms with van der Waals surface area (Å²) >= 11 is 6.27. The van der Waals surface area contributed by atoms with Crippen LogP contribution in [0.15, 0.2) is 102 Å². The molecule has 0 atom stereocenters. The molecule has 0 saturated heterocycles. The van der Waals surface area contributed by atoms with E-state index in [0.29, 0.717) is 5.75 Å². The molecule has 1 amide bonds.